The lowest BCUT2D eigenvalue weighted by molar-refractivity contribution is -0.139. The molecule has 0 aliphatic rings. The van der Waals surface area contributed by atoms with E-state index in [0.717, 1.165) is 11.1 Å². The molecule has 104 valence electrons. The Labute approximate surface area is 118 Å². The number of carbonyl (C=O) groups is 2. The molecule has 0 unspecified atom stereocenters. The van der Waals surface area contributed by atoms with Crippen molar-refractivity contribution >= 4 is 23.4 Å². The van der Waals surface area contributed by atoms with Gasteiger partial charge in [0.05, 0.1) is 6.42 Å². The molecule has 1 rings (SSSR count). The molecule has 0 aliphatic heterocycles. The van der Waals surface area contributed by atoms with E-state index in [1.807, 2.05) is 13.8 Å². The minimum absolute atomic E-state index is 0.0235. The number of halogens is 1. The molecule has 3 nitrogen and oxygen atoms in total. The van der Waals surface area contributed by atoms with Gasteiger partial charge in [0.2, 0.25) is 0 Å². The minimum atomic E-state index is -0.887. The Hall–Kier alpha value is -1.35. The molecule has 1 aromatic rings. The van der Waals surface area contributed by atoms with Crippen LogP contribution in [0.2, 0.25) is 5.02 Å². The predicted octanol–water partition coefficient (Wildman–Crippen LogP) is 4.03. The maximum absolute atomic E-state index is 12.3. The van der Waals surface area contributed by atoms with Crippen LogP contribution in [0.25, 0.3) is 0 Å². The van der Waals surface area contributed by atoms with E-state index in [2.05, 4.69) is 0 Å². The number of hydrogen-bond donors (Lipinski definition) is 1. The summed E-state index contributed by atoms with van der Waals surface area (Å²) in [5.41, 5.74) is 1.75. The highest BCUT2D eigenvalue weighted by molar-refractivity contribution is 6.31. The van der Waals surface area contributed by atoms with Gasteiger partial charge in [0, 0.05) is 17.0 Å². The van der Waals surface area contributed by atoms with Gasteiger partial charge in [0.25, 0.3) is 0 Å². The molecule has 0 aromatic heterocycles. The molecule has 19 heavy (non-hydrogen) atoms. The van der Waals surface area contributed by atoms with Crippen LogP contribution in [0.4, 0.5) is 0 Å². The molecule has 0 atom stereocenters. The zero-order valence-corrected chi connectivity index (χ0v) is 12.5. The Balaban J connectivity index is 2.96. The van der Waals surface area contributed by atoms with Gasteiger partial charge in [-0.15, -0.1) is 0 Å². The summed E-state index contributed by atoms with van der Waals surface area (Å²) in [6.45, 7) is 7.26. The fraction of sp³-hybridized carbons (Fsp3) is 0.467. The Bertz CT molecular complexity index is 518. The summed E-state index contributed by atoms with van der Waals surface area (Å²) < 4.78 is 0. The van der Waals surface area contributed by atoms with Gasteiger partial charge in [0.15, 0.2) is 5.78 Å². The number of ketones is 1. The molecular formula is C15H19ClO3. The lowest BCUT2D eigenvalue weighted by Crippen LogP contribution is -2.21. The highest BCUT2D eigenvalue weighted by atomic mass is 35.5. The summed E-state index contributed by atoms with van der Waals surface area (Å²) in [4.78, 5) is 23.1. The number of aryl methyl sites for hydroxylation is 2. The van der Waals surface area contributed by atoms with Crippen LogP contribution in [0.3, 0.4) is 0 Å². The van der Waals surface area contributed by atoms with Crippen LogP contribution >= 0.6 is 11.6 Å². The molecule has 0 bridgehead atoms. The Kier molecular flexibility index (Phi) is 4.75. The Morgan fingerprint density at radius 3 is 2.26 bits per heavy atom. The summed E-state index contributed by atoms with van der Waals surface area (Å²) in [5.74, 6) is -0.926. The van der Waals surface area contributed by atoms with Crippen LogP contribution in [0.15, 0.2) is 12.1 Å². The monoisotopic (exact) mass is 282 g/mol. The zero-order chi connectivity index (χ0) is 14.8. The molecule has 0 saturated heterocycles. The quantitative estimate of drug-likeness (QED) is 0.830. The van der Waals surface area contributed by atoms with Crippen molar-refractivity contribution in [1.29, 1.82) is 0 Å². The number of rotatable bonds is 5. The summed E-state index contributed by atoms with van der Waals surface area (Å²) in [5, 5.41) is 9.48. The lowest BCUT2D eigenvalue weighted by Gasteiger charge is -2.22. The van der Waals surface area contributed by atoms with E-state index in [9.17, 15) is 9.59 Å². The molecule has 0 spiro atoms. The first-order chi connectivity index (χ1) is 8.62. The first-order valence-corrected chi connectivity index (χ1v) is 6.52. The average molecular weight is 283 g/mol. The predicted molar refractivity (Wildman–Crippen MR) is 75.9 cm³/mol. The summed E-state index contributed by atoms with van der Waals surface area (Å²) in [7, 11) is 0. The van der Waals surface area contributed by atoms with Gasteiger partial charge in [-0.25, -0.2) is 0 Å². The number of Topliss-reactive ketones (excluding diaryl/α,β-unsaturated/α-hetero) is 1. The number of benzene rings is 1. The molecule has 1 aromatic carbocycles. The normalized spacial score (nSPS) is 11.4. The van der Waals surface area contributed by atoms with Crippen LogP contribution in [0.5, 0.6) is 0 Å². The highest BCUT2D eigenvalue weighted by Crippen LogP contribution is 2.29. The van der Waals surface area contributed by atoms with Crippen molar-refractivity contribution in [2.45, 2.75) is 40.5 Å². The average Bonchev–Trinajstić information content (AvgIpc) is 2.20. The second-order valence-corrected chi connectivity index (χ2v) is 6.16. The van der Waals surface area contributed by atoms with Crippen molar-refractivity contribution in [3.8, 4) is 0 Å². The second kappa shape index (κ2) is 5.74. The van der Waals surface area contributed by atoms with E-state index in [4.69, 9.17) is 16.7 Å². The highest BCUT2D eigenvalue weighted by Gasteiger charge is 2.26. The Morgan fingerprint density at radius 2 is 1.74 bits per heavy atom. The van der Waals surface area contributed by atoms with E-state index in [1.165, 1.54) is 0 Å². The van der Waals surface area contributed by atoms with Crippen LogP contribution in [-0.4, -0.2) is 16.9 Å². The van der Waals surface area contributed by atoms with Crippen molar-refractivity contribution in [2.24, 2.45) is 5.41 Å². The van der Waals surface area contributed by atoms with Gasteiger partial charge in [-0.2, -0.15) is 0 Å². The van der Waals surface area contributed by atoms with Crippen LogP contribution in [-0.2, 0) is 4.79 Å². The van der Waals surface area contributed by atoms with E-state index in [1.54, 1.807) is 26.0 Å². The fourth-order valence-electron chi connectivity index (χ4n) is 2.08. The smallest absolute Gasteiger partial charge is 0.303 e. The number of hydrogen-bond acceptors (Lipinski definition) is 2. The van der Waals surface area contributed by atoms with E-state index in [-0.39, 0.29) is 18.6 Å². The van der Waals surface area contributed by atoms with E-state index in [0.29, 0.717) is 10.6 Å². The number of carbonyl (C=O) groups excluding carboxylic acids is 1. The van der Waals surface area contributed by atoms with Crippen LogP contribution in [0, 0.1) is 19.3 Å². The minimum Gasteiger partial charge on any atom is -0.481 e. The summed E-state index contributed by atoms with van der Waals surface area (Å²) in [6, 6.07) is 3.55. The van der Waals surface area contributed by atoms with Gasteiger partial charge in [-0.3, -0.25) is 9.59 Å². The third-order valence-corrected chi connectivity index (χ3v) is 3.48. The van der Waals surface area contributed by atoms with Crippen LogP contribution < -0.4 is 0 Å². The van der Waals surface area contributed by atoms with Crippen molar-refractivity contribution < 1.29 is 14.7 Å². The maximum Gasteiger partial charge on any atom is 0.303 e. The SMILES string of the molecule is Cc1cc(C(=O)CC(C)(C)CC(=O)O)c(C)cc1Cl. The van der Waals surface area contributed by atoms with Gasteiger partial charge < -0.3 is 5.11 Å². The zero-order valence-electron chi connectivity index (χ0n) is 11.7. The molecule has 4 heteroatoms. The molecule has 0 heterocycles. The topological polar surface area (TPSA) is 54.4 Å². The van der Waals surface area contributed by atoms with Gasteiger partial charge in [-0.1, -0.05) is 25.4 Å². The largest absolute Gasteiger partial charge is 0.481 e. The van der Waals surface area contributed by atoms with Crippen molar-refractivity contribution in [3.63, 3.8) is 0 Å². The maximum atomic E-state index is 12.3. The number of carboxylic acids is 1. The third-order valence-electron chi connectivity index (χ3n) is 3.07. The molecule has 0 saturated carbocycles. The Morgan fingerprint density at radius 1 is 1.16 bits per heavy atom. The first-order valence-electron chi connectivity index (χ1n) is 6.14. The third kappa shape index (κ3) is 4.35. The standard InChI is InChI=1S/C15H19ClO3/c1-9-6-12(16)10(2)5-11(9)13(17)7-15(3,4)8-14(18)19/h5-6H,7-8H2,1-4H3,(H,18,19). The van der Waals surface area contributed by atoms with Gasteiger partial charge in [0.1, 0.15) is 0 Å². The van der Waals surface area contributed by atoms with Crippen molar-refractivity contribution in [2.75, 3.05) is 0 Å². The number of aliphatic carboxylic acids is 1. The lowest BCUT2D eigenvalue weighted by atomic mass is 9.82. The number of carboxylic acid groups (broad SMARTS) is 1. The van der Waals surface area contributed by atoms with Gasteiger partial charge in [-0.05, 0) is 42.5 Å². The molecule has 0 fully saturated rings. The van der Waals surface area contributed by atoms with Crippen molar-refractivity contribution in [3.05, 3.63) is 33.8 Å². The van der Waals surface area contributed by atoms with Crippen LogP contribution in [0.1, 0.15) is 48.2 Å². The molecular weight excluding hydrogens is 264 g/mol. The molecule has 0 aliphatic carbocycles. The second-order valence-electron chi connectivity index (χ2n) is 5.75. The summed E-state index contributed by atoms with van der Waals surface area (Å²) >= 11 is 6.00. The molecule has 1 N–H and O–H groups in total. The van der Waals surface area contributed by atoms with E-state index < -0.39 is 11.4 Å². The summed E-state index contributed by atoms with van der Waals surface area (Å²) in [6.07, 6.45) is 0.186. The molecule has 0 amide bonds. The first kappa shape index (κ1) is 15.7. The fourth-order valence-corrected chi connectivity index (χ4v) is 2.30. The molecule has 0 radical (unpaired) electrons. The van der Waals surface area contributed by atoms with Gasteiger partial charge >= 0.3 is 5.97 Å². The van der Waals surface area contributed by atoms with Crippen molar-refractivity contribution in [1.82, 2.24) is 0 Å². The van der Waals surface area contributed by atoms with E-state index >= 15 is 0 Å².